The molecule has 6 heteroatoms. The van der Waals surface area contributed by atoms with E-state index in [4.69, 9.17) is 4.74 Å². The smallest absolute Gasteiger partial charge is 0.340 e. The van der Waals surface area contributed by atoms with Gasteiger partial charge in [0.05, 0.1) is 29.7 Å². The lowest BCUT2D eigenvalue weighted by Gasteiger charge is -2.35. The lowest BCUT2D eigenvalue weighted by atomic mass is 9.95. The number of hydrogen-bond acceptors (Lipinski definition) is 4. The van der Waals surface area contributed by atoms with Gasteiger partial charge in [-0.25, -0.2) is 4.79 Å². The van der Waals surface area contributed by atoms with Gasteiger partial charge in [-0.3, -0.25) is 9.78 Å². The molecule has 1 aliphatic heterocycles. The number of ether oxygens (including phenoxy) is 1. The van der Waals surface area contributed by atoms with Crippen LogP contribution in [0.2, 0.25) is 0 Å². The lowest BCUT2D eigenvalue weighted by Crippen LogP contribution is -2.38. The number of aromatic amines is 1. The Labute approximate surface area is 157 Å². The number of esters is 1. The Hall–Kier alpha value is -3.15. The Morgan fingerprint density at radius 2 is 2.00 bits per heavy atom. The quantitative estimate of drug-likeness (QED) is 0.720. The maximum atomic E-state index is 13.3. The average molecular weight is 363 g/mol. The minimum atomic E-state index is -0.455. The van der Waals surface area contributed by atoms with E-state index < -0.39 is 5.97 Å². The van der Waals surface area contributed by atoms with E-state index in [1.54, 1.807) is 18.3 Å². The van der Waals surface area contributed by atoms with Crippen LogP contribution in [0, 0.1) is 0 Å². The van der Waals surface area contributed by atoms with E-state index >= 15 is 0 Å². The van der Waals surface area contributed by atoms with Crippen molar-refractivity contribution in [3.63, 3.8) is 0 Å². The van der Waals surface area contributed by atoms with Crippen molar-refractivity contribution in [2.24, 2.45) is 0 Å². The number of nitrogens with zero attached hydrogens (tertiary/aromatic N) is 2. The third-order valence-electron chi connectivity index (χ3n) is 5.10. The summed E-state index contributed by atoms with van der Waals surface area (Å²) in [6.45, 7) is 0.713. The van der Waals surface area contributed by atoms with Crippen LogP contribution >= 0.6 is 0 Å². The minimum absolute atomic E-state index is 0.0619. The largest absolute Gasteiger partial charge is 0.465 e. The SMILES string of the molecule is COC(=O)c1ccnc2cc(C(=O)N3CCCCC3c3ccccc3)[nH]c12. The summed E-state index contributed by atoms with van der Waals surface area (Å²) in [5.74, 6) is -0.527. The topological polar surface area (TPSA) is 75.3 Å². The van der Waals surface area contributed by atoms with Crippen LogP contribution in [0.4, 0.5) is 0 Å². The number of pyridine rings is 1. The van der Waals surface area contributed by atoms with Gasteiger partial charge in [-0.2, -0.15) is 0 Å². The van der Waals surface area contributed by atoms with Gasteiger partial charge >= 0.3 is 5.97 Å². The van der Waals surface area contributed by atoms with Gasteiger partial charge < -0.3 is 14.6 Å². The fraction of sp³-hybridized carbons (Fsp3) is 0.286. The van der Waals surface area contributed by atoms with Crippen LogP contribution in [-0.2, 0) is 4.74 Å². The van der Waals surface area contributed by atoms with E-state index in [0.29, 0.717) is 28.8 Å². The molecule has 0 saturated carbocycles. The van der Waals surface area contributed by atoms with Gasteiger partial charge in [0.25, 0.3) is 5.91 Å². The Morgan fingerprint density at radius 1 is 1.19 bits per heavy atom. The highest BCUT2D eigenvalue weighted by atomic mass is 16.5. The van der Waals surface area contributed by atoms with Gasteiger partial charge in [0.1, 0.15) is 5.69 Å². The van der Waals surface area contributed by atoms with Crippen LogP contribution in [0.1, 0.15) is 51.7 Å². The van der Waals surface area contributed by atoms with Crippen LogP contribution in [-0.4, -0.2) is 40.4 Å². The third-order valence-corrected chi connectivity index (χ3v) is 5.10. The first-order chi connectivity index (χ1) is 13.2. The first kappa shape index (κ1) is 17.3. The molecule has 3 aromatic rings. The molecule has 1 unspecified atom stereocenters. The molecule has 138 valence electrons. The molecular formula is C21H21N3O3. The molecular weight excluding hydrogens is 342 g/mol. The maximum Gasteiger partial charge on any atom is 0.340 e. The van der Waals surface area contributed by atoms with Gasteiger partial charge in [-0.05, 0) is 37.0 Å². The number of benzene rings is 1. The van der Waals surface area contributed by atoms with Gasteiger partial charge in [-0.15, -0.1) is 0 Å². The van der Waals surface area contributed by atoms with Crippen molar-refractivity contribution < 1.29 is 14.3 Å². The summed E-state index contributed by atoms with van der Waals surface area (Å²) < 4.78 is 4.82. The van der Waals surface area contributed by atoms with E-state index in [2.05, 4.69) is 22.1 Å². The molecule has 4 rings (SSSR count). The summed E-state index contributed by atoms with van der Waals surface area (Å²) in [4.78, 5) is 34.5. The van der Waals surface area contributed by atoms with E-state index in [1.165, 1.54) is 7.11 Å². The van der Waals surface area contributed by atoms with Crippen molar-refractivity contribution >= 4 is 22.9 Å². The van der Waals surface area contributed by atoms with Crippen LogP contribution in [0.25, 0.3) is 11.0 Å². The highest BCUT2D eigenvalue weighted by molar-refractivity contribution is 6.05. The van der Waals surface area contributed by atoms with Crippen LogP contribution in [0.5, 0.6) is 0 Å². The summed E-state index contributed by atoms with van der Waals surface area (Å²) in [7, 11) is 1.34. The number of nitrogens with one attached hydrogen (secondary N) is 1. The van der Waals surface area contributed by atoms with Crippen LogP contribution < -0.4 is 0 Å². The molecule has 3 heterocycles. The van der Waals surface area contributed by atoms with Crippen molar-refractivity contribution in [3.8, 4) is 0 Å². The number of amides is 1. The summed E-state index contributed by atoms with van der Waals surface area (Å²) >= 11 is 0. The Bertz CT molecular complexity index is 981. The summed E-state index contributed by atoms with van der Waals surface area (Å²) in [5, 5.41) is 0. The average Bonchev–Trinajstić information content (AvgIpc) is 3.17. The maximum absolute atomic E-state index is 13.3. The van der Waals surface area contributed by atoms with Crippen molar-refractivity contribution in [1.82, 2.24) is 14.9 Å². The number of aromatic nitrogens is 2. The molecule has 1 N–H and O–H groups in total. The number of methoxy groups -OCH3 is 1. The number of rotatable bonds is 3. The molecule has 0 radical (unpaired) electrons. The molecule has 1 aromatic carbocycles. The number of H-pyrrole nitrogens is 1. The second-order valence-corrected chi connectivity index (χ2v) is 6.71. The molecule has 1 amide bonds. The number of likely N-dealkylation sites (tertiary alicyclic amines) is 1. The summed E-state index contributed by atoms with van der Waals surface area (Å²) in [6.07, 6.45) is 4.58. The molecule has 0 spiro atoms. The molecule has 0 aliphatic carbocycles. The van der Waals surface area contributed by atoms with Crippen LogP contribution in [0.15, 0.2) is 48.7 Å². The van der Waals surface area contributed by atoms with E-state index in [0.717, 1.165) is 24.8 Å². The molecule has 0 bridgehead atoms. The zero-order chi connectivity index (χ0) is 18.8. The number of fused-ring (bicyclic) bond motifs is 1. The zero-order valence-electron chi connectivity index (χ0n) is 15.1. The standard InChI is InChI=1S/C21H21N3O3/c1-27-21(26)15-10-11-22-16-13-17(23-19(15)16)20(25)24-12-6-5-9-18(24)14-7-3-2-4-8-14/h2-4,7-8,10-11,13,18,23H,5-6,9,12H2,1H3. The van der Waals surface area contributed by atoms with Gasteiger partial charge in [-0.1, -0.05) is 30.3 Å². The number of carbonyl (C=O) groups excluding carboxylic acids is 2. The summed E-state index contributed by atoms with van der Waals surface area (Å²) in [5.41, 5.74) is 3.07. The monoisotopic (exact) mass is 363 g/mol. The Balaban J connectivity index is 1.70. The second-order valence-electron chi connectivity index (χ2n) is 6.71. The first-order valence-electron chi connectivity index (χ1n) is 9.11. The fourth-order valence-electron chi connectivity index (χ4n) is 3.77. The third kappa shape index (κ3) is 3.18. The van der Waals surface area contributed by atoms with Gasteiger partial charge in [0.2, 0.25) is 0 Å². The number of piperidine rings is 1. The van der Waals surface area contributed by atoms with E-state index in [9.17, 15) is 9.59 Å². The molecule has 1 saturated heterocycles. The molecule has 1 atom stereocenters. The Morgan fingerprint density at radius 3 is 2.78 bits per heavy atom. The minimum Gasteiger partial charge on any atom is -0.465 e. The first-order valence-corrected chi connectivity index (χ1v) is 9.11. The molecule has 2 aromatic heterocycles. The lowest BCUT2D eigenvalue weighted by molar-refractivity contribution is 0.0594. The van der Waals surface area contributed by atoms with Crippen molar-refractivity contribution in [3.05, 3.63) is 65.5 Å². The highest BCUT2D eigenvalue weighted by Gasteiger charge is 2.30. The van der Waals surface area contributed by atoms with Crippen molar-refractivity contribution in [2.75, 3.05) is 13.7 Å². The van der Waals surface area contributed by atoms with Gasteiger partial charge in [0.15, 0.2) is 0 Å². The number of hydrogen-bond donors (Lipinski definition) is 1. The Kier molecular flexibility index (Phi) is 4.62. The van der Waals surface area contributed by atoms with E-state index in [-0.39, 0.29) is 11.9 Å². The molecule has 1 fully saturated rings. The van der Waals surface area contributed by atoms with Crippen LogP contribution in [0.3, 0.4) is 0 Å². The predicted octanol–water partition coefficient (Wildman–Crippen LogP) is 3.72. The summed E-state index contributed by atoms with van der Waals surface area (Å²) in [6, 6.07) is 13.5. The van der Waals surface area contributed by atoms with E-state index in [1.807, 2.05) is 23.1 Å². The molecule has 6 nitrogen and oxygen atoms in total. The molecule has 27 heavy (non-hydrogen) atoms. The van der Waals surface area contributed by atoms with Crippen molar-refractivity contribution in [1.29, 1.82) is 0 Å². The zero-order valence-corrected chi connectivity index (χ0v) is 15.1. The van der Waals surface area contributed by atoms with Crippen molar-refractivity contribution in [2.45, 2.75) is 25.3 Å². The molecule has 1 aliphatic rings. The van der Waals surface area contributed by atoms with Gasteiger partial charge in [0, 0.05) is 12.7 Å². The fourth-order valence-corrected chi connectivity index (χ4v) is 3.77. The highest BCUT2D eigenvalue weighted by Crippen LogP contribution is 2.32. The number of carbonyl (C=O) groups is 2. The predicted molar refractivity (Wildman–Crippen MR) is 102 cm³/mol. The second kappa shape index (κ2) is 7.23. The normalized spacial score (nSPS) is 17.1.